The first-order chi connectivity index (χ1) is 42.2. The number of rotatable bonds is 9. The summed E-state index contributed by atoms with van der Waals surface area (Å²) in [6.07, 6.45) is 13.8. The topological polar surface area (TPSA) is 77.4 Å². The summed E-state index contributed by atoms with van der Waals surface area (Å²) in [7, 11) is 0. The van der Waals surface area contributed by atoms with Crippen LogP contribution in [0.4, 0.5) is 0 Å². The Bertz CT molecular complexity index is 2760. The number of Topliss-reactive ketones (excluding diaryl/α,β-unsaturated/α-hetero) is 1. The lowest BCUT2D eigenvalue weighted by Crippen LogP contribution is -2.48. The molecule has 4 saturated carbocycles. The molecule has 1 N–H and O–H groups in total. The van der Waals surface area contributed by atoms with Crippen molar-refractivity contribution < 1.29 is 19.0 Å². The first-order valence-corrected chi connectivity index (χ1v) is 35.6. The van der Waals surface area contributed by atoms with Gasteiger partial charge in [-0.25, -0.2) is 0 Å². The van der Waals surface area contributed by atoms with Crippen LogP contribution in [0.2, 0.25) is 0 Å². The Hall–Kier alpha value is -5.26. The summed E-state index contributed by atoms with van der Waals surface area (Å²) < 4.78 is 6.54. The zero-order valence-electron chi connectivity index (χ0n) is 65.0. The van der Waals surface area contributed by atoms with Crippen LogP contribution in [0.15, 0.2) is 132 Å². The van der Waals surface area contributed by atoms with Crippen molar-refractivity contribution in [2.24, 2.45) is 34.5 Å². The number of benzene rings is 4. The lowest BCUT2D eigenvalue weighted by Gasteiger charge is -2.58. The van der Waals surface area contributed by atoms with Crippen LogP contribution in [0.5, 0.6) is 0 Å². The molecule has 4 aliphatic carbocycles. The average molecular weight is 1260 g/mol. The van der Waals surface area contributed by atoms with Crippen LogP contribution in [0.1, 0.15) is 353 Å². The molecular weight excluding hydrogens is 1120 g/mol. The number of aromatic nitrogens is 1. The van der Waals surface area contributed by atoms with E-state index in [1.165, 1.54) is 63.3 Å². The molecule has 4 fully saturated rings. The predicted molar refractivity (Wildman–Crippen MR) is 403 cm³/mol. The van der Waals surface area contributed by atoms with Crippen molar-refractivity contribution in [1.29, 1.82) is 0 Å². The molecule has 2 heterocycles. The van der Waals surface area contributed by atoms with E-state index in [1.807, 2.05) is 55.5 Å². The first-order valence-electron chi connectivity index (χ1n) is 35.6. The van der Waals surface area contributed by atoms with Gasteiger partial charge >= 0.3 is 0 Å². The van der Waals surface area contributed by atoms with Crippen LogP contribution in [-0.4, -0.2) is 10.9 Å². The first kappa shape index (κ1) is 84.8. The summed E-state index contributed by atoms with van der Waals surface area (Å²) in [4.78, 5) is 10.9. The van der Waals surface area contributed by atoms with E-state index in [4.69, 9.17) is 4.42 Å². The van der Waals surface area contributed by atoms with Crippen molar-refractivity contribution in [2.75, 3.05) is 0 Å². The Morgan fingerprint density at radius 3 is 1.05 bits per heavy atom. The largest absolute Gasteiger partial charge is 0.619 e. The highest BCUT2D eigenvalue weighted by Crippen LogP contribution is 2.62. The summed E-state index contributed by atoms with van der Waals surface area (Å²) in [5, 5.41) is 20.3. The molecule has 0 amide bonds. The Labute approximate surface area is 567 Å². The van der Waals surface area contributed by atoms with E-state index >= 15 is 0 Å². The molecule has 10 rings (SSSR count). The summed E-state index contributed by atoms with van der Waals surface area (Å²) in [5.74, 6) is 10.1. The minimum Gasteiger partial charge on any atom is -0.619 e. The minimum absolute atomic E-state index is 0.123. The Balaban J connectivity index is 0.000000527. The molecule has 5 heteroatoms. The number of aryl methyl sites for hydroxylation is 2. The molecule has 0 aliphatic heterocycles. The lowest BCUT2D eigenvalue weighted by atomic mass is 9.47. The van der Waals surface area contributed by atoms with Crippen molar-refractivity contribution in [2.45, 2.75) is 312 Å². The normalized spacial score (nSPS) is 17.2. The monoisotopic (exact) mass is 1260 g/mol. The molecule has 4 aromatic carbocycles. The number of aliphatic hydroxyl groups is 1. The maximum Gasteiger partial charge on any atom is 0.180 e. The number of ketones is 1. The van der Waals surface area contributed by atoms with Crippen LogP contribution in [0.3, 0.4) is 0 Å². The van der Waals surface area contributed by atoms with Crippen LogP contribution < -0.4 is 4.73 Å². The summed E-state index contributed by atoms with van der Waals surface area (Å²) in [6, 6.07) is 39.5. The minimum atomic E-state index is -0.727. The Morgan fingerprint density at radius 1 is 0.500 bits per heavy atom. The second-order valence-corrected chi connectivity index (χ2v) is 33.6. The van der Waals surface area contributed by atoms with Crippen molar-refractivity contribution in [3.8, 4) is 0 Å². The van der Waals surface area contributed by atoms with Gasteiger partial charge in [-0.05, 0) is 199 Å². The van der Waals surface area contributed by atoms with Gasteiger partial charge in [0.1, 0.15) is 11.5 Å². The van der Waals surface area contributed by atoms with E-state index in [0.29, 0.717) is 40.9 Å². The van der Waals surface area contributed by atoms with Gasteiger partial charge in [-0.1, -0.05) is 289 Å². The number of carbonyl (C=O) groups excluding carboxylic acids is 1. The smallest absolute Gasteiger partial charge is 0.180 e. The maximum absolute atomic E-state index is 10.9. The van der Waals surface area contributed by atoms with Gasteiger partial charge in [0.2, 0.25) is 0 Å². The Morgan fingerprint density at radius 2 is 0.804 bits per heavy atom. The molecule has 92 heavy (non-hydrogen) atoms. The number of furan rings is 1. The van der Waals surface area contributed by atoms with E-state index in [1.54, 1.807) is 59.3 Å². The third-order valence-electron chi connectivity index (χ3n) is 17.6. The van der Waals surface area contributed by atoms with Crippen LogP contribution in [0.25, 0.3) is 0 Å². The van der Waals surface area contributed by atoms with Crippen LogP contribution in [0, 0.1) is 53.6 Å². The van der Waals surface area contributed by atoms with E-state index in [2.05, 4.69) is 254 Å². The molecule has 0 unspecified atom stereocenters. The zero-order valence-corrected chi connectivity index (χ0v) is 65.0. The molecule has 5 nitrogen and oxygen atoms in total. The molecule has 0 radical (unpaired) electrons. The molecule has 4 aliphatic rings. The van der Waals surface area contributed by atoms with Gasteiger partial charge < -0.3 is 14.7 Å². The SMILES string of the molecule is CC(=O)c1ccc(C(C)C)cc1.CC(C)(C)C.CC(C)C12CC3CC(CC(C3)C1)C2.CC(C)c1cc[n+]([O-])cc1.CC(C)c1ccc(C(C)(C)C)cc1.CC(C)c1ccc(C(C)(C)O)cc1.CCC.Cc1ccc(C(C)C)cc1.Cc1oc(C(C)(C)C)cc1C(C)C. The van der Waals surface area contributed by atoms with Crippen LogP contribution in [-0.2, 0) is 16.4 Å². The van der Waals surface area contributed by atoms with Gasteiger partial charge in [-0.2, -0.15) is 4.73 Å². The standard InChI is InChI=1S/C13H22.C13H20.C12H20O.C12H18O.C11H14O.C10H14.C8H11NO.C5H12.C3H8/c1-9(2)13-6-10-3-11(7-13)5-12(4-10)8-13;1-10(2)11-6-8-12(9-7-11)13(3,4)5;1-8(2)10-7-11(12(4,5)6)13-9(10)3;1-9(2)10-5-7-11(8-6-10)12(3,4)13;1-8(2)10-4-6-11(7-5-10)9(3)12;1-8(2)10-6-4-9(3)5-7-10;1-7(2)8-3-5-9(10)6-4-8;1-5(2,3)4;1-3-2/h9-12H,3-8H2,1-2H3;6-10H,1-5H3;7-8H,1-6H3;5-9,13H,1-4H3;4-8H,1-3H3;4-8H,1-3H3;3-7H,1-2H3;1-4H3;3H2,1-2H3. The number of hydrogen-bond acceptors (Lipinski definition) is 4. The van der Waals surface area contributed by atoms with Gasteiger partial charge in [0.25, 0.3) is 0 Å². The quantitative estimate of drug-likeness (QED) is 0.0889. The molecule has 0 atom stereocenters. The third kappa shape index (κ3) is 32.3. The van der Waals surface area contributed by atoms with Gasteiger partial charge in [-0.3, -0.25) is 4.79 Å². The summed E-state index contributed by atoms with van der Waals surface area (Å²) >= 11 is 0. The number of nitrogens with zero attached hydrogens (tertiary/aromatic N) is 1. The van der Waals surface area contributed by atoms with Crippen LogP contribution >= 0.6 is 0 Å². The average Bonchev–Trinajstić information content (AvgIpc) is 0.897. The third-order valence-corrected chi connectivity index (χ3v) is 17.6. The number of carbonyl (C=O) groups is 1. The van der Waals surface area contributed by atoms with Gasteiger partial charge in [0.05, 0.1) is 5.60 Å². The summed E-state index contributed by atoms with van der Waals surface area (Å²) in [5.41, 5.74) is 13.5. The van der Waals surface area contributed by atoms with Gasteiger partial charge in [0, 0.05) is 23.1 Å². The van der Waals surface area contributed by atoms with Crippen molar-refractivity contribution >= 4 is 5.78 Å². The molecule has 0 saturated heterocycles. The fourth-order valence-corrected chi connectivity index (χ4v) is 11.8. The van der Waals surface area contributed by atoms with Crippen molar-refractivity contribution in [3.63, 3.8) is 0 Å². The number of hydrogen-bond donors (Lipinski definition) is 1. The number of pyridine rings is 1. The van der Waals surface area contributed by atoms with E-state index in [9.17, 15) is 15.1 Å². The highest BCUT2D eigenvalue weighted by Gasteiger charge is 2.52. The second kappa shape index (κ2) is 38.9. The molecule has 516 valence electrons. The molecule has 6 aromatic rings. The van der Waals surface area contributed by atoms with E-state index < -0.39 is 5.60 Å². The van der Waals surface area contributed by atoms with E-state index in [-0.39, 0.29) is 16.6 Å². The Kier molecular flexibility index (Phi) is 35.9. The van der Waals surface area contributed by atoms with Crippen molar-refractivity contribution in [3.05, 3.63) is 200 Å². The maximum atomic E-state index is 10.9. The lowest BCUT2D eigenvalue weighted by molar-refractivity contribution is -0.605. The highest BCUT2D eigenvalue weighted by molar-refractivity contribution is 5.94. The second-order valence-electron chi connectivity index (χ2n) is 33.6. The molecule has 2 aromatic heterocycles. The zero-order chi connectivity index (χ0) is 70.9. The molecule has 4 bridgehead atoms. The molecular formula is C87H139NO4. The fraction of sp³-hybridized carbons (Fsp3) is 0.609. The van der Waals surface area contributed by atoms with Gasteiger partial charge in [0.15, 0.2) is 18.2 Å². The predicted octanol–water partition coefficient (Wildman–Crippen LogP) is 26.1. The molecule has 0 spiro atoms. The van der Waals surface area contributed by atoms with Crippen molar-refractivity contribution in [1.82, 2.24) is 0 Å². The van der Waals surface area contributed by atoms with E-state index in [0.717, 1.165) is 56.5 Å². The highest BCUT2D eigenvalue weighted by atomic mass is 16.5. The van der Waals surface area contributed by atoms with Gasteiger partial charge in [-0.15, -0.1) is 0 Å². The summed E-state index contributed by atoms with van der Waals surface area (Å²) in [6.45, 7) is 66.7. The fourth-order valence-electron chi connectivity index (χ4n) is 11.8.